The fourth-order valence-corrected chi connectivity index (χ4v) is 9.64. The lowest BCUT2D eigenvalue weighted by atomic mass is 9.95. The summed E-state index contributed by atoms with van der Waals surface area (Å²) in [5.41, 5.74) is 9.09. The second-order valence-corrected chi connectivity index (χ2v) is 16.8. The number of pyridine rings is 2. The molecular weight excluding hydrogens is 773 g/mol. The van der Waals surface area contributed by atoms with Crippen molar-refractivity contribution < 1.29 is 23.9 Å². The zero-order valence-electron chi connectivity index (χ0n) is 35.0. The molecule has 3 aromatic rings. The van der Waals surface area contributed by atoms with Gasteiger partial charge in [0.25, 0.3) is 11.8 Å². The topological polar surface area (TPSA) is 156 Å². The second-order valence-electron chi connectivity index (χ2n) is 16.8. The number of fused-ring (bicyclic) bond motifs is 2. The Morgan fingerprint density at radius 3 is 2.44 bits per heavy atom. The lowest BCUT2D eigenvalue weighted by Gasteiger charge is -2.40. The van der Waals surface area contributed by atoms with E-state index in [0.29, 0.717) is 29.5 Å². The normalized spacial score (nSPS) is 22.6. The molecule has 9 rings (SSSR count). The van der Waals surface area contributed by atoms with E-state index in [0.717, 1.165) is 129 Å². The summed E-state index contributed by atoms with van der Waals surface area (Å²) in [6, 6.07) is 8.59. The van der Waals surface area contributed by atoms with Gasteiger partial charge in [-0.2, -0.15) is 0 Å². The van der Waals surface area contributed by atoms with E-state index in [4.69, 9.17) is 9.72 Å². The highest BCUT2D eigenvalue weighted by Crippen LogP contribution is 2.37. The van der Waals surface area contributed by atoms with E-state index in [1.807, 2.05) is 18.5 Å². The molecule has 318 valence electrons. The number of carbonyl (C=O) groups excluding carboxylic acids is 4. The van der Waals surface area contributed by atoms with Gasteiger partial charge in [-0.25, -0.2) is 9.97 Å². The number of aromatic nitrogens is 2. The van der Waals surface area contributed by atoms with Crippen molar-refractivity contribution >= 4 is 52.2 Å². The fraction of sp³-hybridized carbons (Fsp3) is 0.435. The largest absolute Gasteiger partial charge is 0.474 e. The molecule has 4 amide bonds. The van der Waals surface area contributed by atoms with Crippen molar-refractivity contribution in [3.8, 4) is 5.88 Å². The number of piperazine rings is 1. The van der Waals surface area contributed by atoms with E-state index in [2.05, 4.69) is 85.2 Å². The van der Waals surface area contributed by atoms with Crippen LogP contribution in [0.15, 0.2) is 78.3 Å². The number of allylic oxidation sites excluding steroid dienone is 2. The predicted octanol–water partition coefficient (Wildman–Crippen LogP) is 4.74. The first-order valence-electron chi connectivity index (χ1n) is 21.6. The number of hydrogen-bond acceptors (Lipinski definition) is 13. The van der Waals surface area contributed by atoms with E-state index in [1.54, 1.807) is 12.1 Å². The summed E-state index contributed by atoms with van der Waals surface area (Å²) in [5, 5.41) is 9.19. The average Bonchev–Trinajstić information content (AvgIpc) is 3.52. The molecule has 6 aliphatic heterocycles. The number of ether oxygens (including phenoxy) is 1. The summed E-state index contributed by atoms with van der Waals surface area (Å²) in [6.45, 7) is 18.1. The number of benzene rings is 1. The summed E-state index contributed by atoms with van der Waals surface area (Å²) in [4.78, 5) is 70.6. The molecule has 15 heteroatoms. The lowest BCUT2D eigenvalue weighted by molar-refractivity contribution is -0.136. The molecule has 4 saturated heterocycles. The zero-order valence-corrected chi connectivity index (χ0v) is 35.0. The van der Waals surface area contributed by atoms with E-state index >= 15 is 0 Å². The zero-order chi connectivity index (χ0) is 42.2. The number of carbonyl (C=O) groups is 4. The fourth-order valence-electron chi connectivity index (χ4n) is 9.64. The van der Waals surface area contributed by atoms with Crippen LogP contribution in [0, 0.1) is 12.8 Å². The third-order valence-corrected chi connectivity index (χ3v) is 13.1. The first kappa shape index (κ1) is 40.2. The van der Waals surface area contributed by atoms with Gasteiger partial charge in [-0.15, -0.1) is 0 Å². The van der Waals surface area contributed by atoms with Crippen LogP contribution in [0.1, 0.15) is 65.3 Å². The Balaban J connectivity index is 0.735. The van der Waals surface area contributed by atoms with Gasteiger partial charge < -0.3 is 30.1 Å². The van der Waals surface area contributed by atoms with Crippen LogP contribution in [0.2, 0.25) is 0 Å². The van der Waals surface area contributed by atoms with Gasteiger partial charge in [-0.3, -0.25) is 34.3 Å². The molecule has 61 heavy (non-hydrogen) atoms. The Labute approximate surface area is 356 Å². The number of rotatable bonds is 9. The number of imide groups is 2. The Morgan fingerprint density at radius 2 is 1.69 bits per heavy atom. The summed E-state index contributed by atoms with van der Waals surface area (Å²) in [7, 11) is 0. The number of nitrogens with one attached hydrogen (secondary N) is 3. The van der Waals surface area contributed by atoms with E-state index in [-0.39, 0.29) is 18.7 Å². The van der Waals surface area contributed by atoms with Crippen molar-refractivity contribution in [2.45, 2.75) is 52.0 Å². The maximum absolute atomic E-state index is 13.4. The van der Waals surface area contributed by atoms with Crippen molar-refractivity contribution in [2.75, 3.05) is 97.4 Å². The van der Waals surface area contributed by atoms with E-state index < -0.39 is 23.8 Å². The average molecular weight is 827 g/mol. The van der Waals surface area contributed by atoms with E-state index in [9.17, 15) is 19.2 Å². The molecule has 0 spiro atoms. The monoisotopic (exact) mass is 826 g/mol. The molecule has 2 aromatic heterocycles. The summed E-state index contributed by atoms with van der Waals surface area (Å²) in [6.07, 6.45) is 11.6. The highest BCUT2D eigenvalue weighted by atomic mass is 16.5. The Kier molecular flexibility index (Phi) is 11.2. The third kappa shape index (κ3) is 8.18. The van der Waals surface area contributed by atoms with Crippen LogP contribution in [0.4, 0.5) is 28.6 Å². The van der Waals surface area contributed by atoms with Crippen molar-refractivity contribution in [3.63, 3.8) is 0 Å². The van der Waals surface area contributed by atoms with Crippen molar-refractivity contribution in [3.05, 3.63) is 95.0 Å². The molecule has 1 aromatic carbocycles. The molecule has 0 radical (unpaired) electrons. The van der Waals surface area contributed by atoms with Crippen LogP contribution in [-0.2, 0) is 9.59 Å². The van der Waals surface area contributed by atoms with Crippen LogP contribution in [0.3, 0.4) is 0 Å². The minimum absolute atomic E-state index is 0.0996. The van der Waals surface area contributed by atoms with Crippen LogP contribution < -0.4 is 35.4 Å². The third-order valence-electron chi connectivity index (χ3n) is 13.1. The molecule has 6 aliphatic rings. The highest BCUT2D eigenvalue weighted by molar-refractivity contribution is 6.23. The molecule has 1 atom stereocenters. The summed E-state index contributed by atoms with van der Waals surface area (Å²) >= 11 is 0. The standard InChI is InChI=1S/C46H54N10O5/c1-4-32-13-17-55(39-26-49-44-42(30(39)3)47-14-22-61-44)28-33(32)23-29(2)50-34-5-9-40(48-25-34)54-15-11-31(12-16-54)27-52-18-20-53(21-19-52)35-6-7-36-37(24-35)46(60)56(45(36)59)38-8-10-41(57)51-43(38)58/h4-7,9,23-26,31,38,47,50H,2,8,10-22,27-28H2,1,3H3,(H,51,57,58)/b32-4-,33-23-. The molecule has 0 bridgehead atoms. The van der Waals surface area contributed by atoms with Crippen molar-refractivity contribution in [2.24, 2.45) is 5.92 Å². The first-order chi connectivity index (χ1) is 29.6. The van der Waals surface area contributed by atoms with Gasteiger partial charge in [0.2, 0.25) is 17.7 Å². The van der Waals surface area contributed by atoms with Gasteiger partial charge in [0.1, 0.15) is 24.2 Å². The number of hydrogen-bond donors (Lipinski definition) is 3. The molecule has 8 heterocycles. The SMILES string of the molecule is C=C(/C=C1/CN(c2cnc3c(c2C)NCCO3)CC/C1=C/C)Nc1ccc(N2CCC(CN3CCN(c4ccc5c(c4)C(=O)N(C4CCC(=O)NC4=O)C5=O)CC3)CC2)nc1. The highest BCUT2D eigenvalue weighted by Gasteiger charge is 2.45. The maximum atomic E-state index is 13.4. The number of amides is 4. The molecule has 4 fully saturated rings. The van der Waals surface area contributed by atoms with Gasteiger partial charge in [-0.1, -0.05) is 12.7 Å². The molecule has 0 saturated carbocycles. The number of anilines is 5. The smallest absolute Gasteiger partial charge is 0.262 e. The molecule has 3 N–H and O–H groups in total. The Hall–Kier alpha value is -6.22. The number of piperidine rings is 3. The molecule has 1 unspecified atom stereocenters. The van der Waals surface area contributed by atoms with Crippen molar-refractivity contribution in [1.82, 2.24) is 25.1 Å². The number of nitrogens with zero attached hydrogens (tertiary/aromatic N) is 7. The molecule has 0 aliphatic carbocycles. The van der Waals surface area contributed by atoms with Gasteiger partial charge >= 0.3 is 0 Å². The first-order valence-corrected chi connectivity index (χ1v) is 21.6. The van der Waals surface area contributed by atoms with Gasteiger partial charge in [-0.05, 0) is 93.0 Å². The predicted molar refractivity (Wildman–Crippen MR) is 235 cm³/mol. The minimum Gasteiger partial charge on any atom is -0.474 e. The van der Waals surface area contributed by atoms with Crippen LogP contribution >= 0.6 is 0 Å². The summed E-state index contributed by atoms with van der Waals surface area (Å²) in [5.74, 6) is 0.345. The van der Waals surface area contributed by atoms with Crippen LogP contribution in [-0.4, -0.2) is 121 Å². The quantitative estimate of drug-likeness (QED) is 0.255. The second kappa shape index (κ2) is 17.0. The van der Waals surface area contributed by atoms with Gasteiger partial charge in [0, 0.05) is 88.8 Å². The molecule has 15 nitrogen and oxygen atoms in total. The van der Waals surface area contributed by atoms with Crippen LogP contribution in [0.5, 0.6) is 5.88 Å². The van der Waals surface area contributed by atoms with Crippen LogP contribution in [0.25, 0.3) is 0 Å². The Bertz CT molecular complexity index is 2310. The summed E-state index contributed by atoms with van der Waals surface area (Å²) < 4.78 is 5.76. The van der Waals surface area contributed by atoms with Gasteiger partial charge in [0.15, 0.2) is 0 Å². The maximum Gasteiger partial charge on any atom is 0.262 e. The van der Waals surface area contributed by atoms with Crippen molar-refractivity contribution in [1.29, 1.82) is 0 Å². The van der Waals surface area contributed by atoms with Gasteiger partial charge in [0.05, 0.1) is 34.9 Å². The van der Waals surface area contributed by atoms with E-state index in [1.165, 1.54) is 11.1 Å². The molecular formula is C46H54N10O5. The lowest BCUT2D eigenvalue weighted by Crippen LogP contribution is -2.54. The Morgan fingerprint density at radius 1 is 0.885 bits per heavy atom. The minimum atomic E-state index is -0.964.